The Bertz CT molecular complexity index is 1730. The summed E-state index contributed by atoms with van der Waals surface area (Å²) in [6.07, 6.45) is 1.25. The quantitative estimate of drug-likeness (QED) is 0.174. The fourth-order valence-electron chi connectivity index (χ4n) is 5.32. The number of imidazole rings is 2. The number of hydrogen-bond acceptors (Lipinski definition) is 7. The first-order valence-electron chi connectivity index (χ1n) is 15.3. The summed E-state index contributed by atoms with van der Waals surface area (Å²) in [4.78, 5) is 33.2. The lowest BCUT2D eigenvalue weighted by atomic mass is 10.2. The number of carbonyl (C=O) groups excluding carboxylic acids is 1. The van der Waals surface area contributed by atoms with Gasteiger partial charge in [0.1, 0.15) is 23.0 Å². The second-order valence-corrected chi connectivity index (χ2v) is 12.4. The Hall–Kier alpha value is -4.57. The minimum Gasteiger partial charge on any atom is -0.494 e. The number of nitrogens with zero attached hydrogens (tertiary/aromatic N) is 4. The van der Waals surface area contributed by atoms with Crippen LogP contribution >= 0.6 is 0 Å². The molecule has 0 saturated carbocycles. The third-order valence-corrected chi connectivity index (χ3v) is 7.73. The second kappa shape index (κ2) is 12.6. The number of ether oxygens (including phenoxy) is 2. The maximum absolute atomic E-state index is 11.7. The number of anilines is 1. The molecule has 10 heteroatoms. The first-order chi connectivity index (χ1) is 21.2. The Morgan fingerprint density at radius 3 is 2.18 bits per heavy atom. The Morgan fingerprint density at radius 1 is 0.841 bits per heavy atom. The highest BCUT2D eigenvalue weighted by Crippen LogP contribution is 2.29. The number of hydrogen-bond donors (Lipinski definition) is 3. The van der Waals surface area contributed by atoms with E-state index in [0.29, 0.717) is 13.2 Å². The van der Waals surface area contributed by atoms with Gasteiger partial charge in [-0.15, -0.1) is 0 Å². The molecule has 0 unspecified atom stereocenters. The third kappa shape index (κ3) is 7.14. The lowest BCUT2D eigenvalue weighted by Gasteiger charge is -2.34. The number of unbranched alkanes of at least 4 members (excludes halogenated alkanes) is 1. The average Bonchev–Trinajstić information content (AvgIpc) is 3.62. The van der Waals surface area contributed by atoms with E-state index >= 15 is 0 Å². The second-order valence-electron chi connectivity index (χ2n) is 12.4. The lowest BCUT2D eigenvalue weighted by Crippen LogP contribution is -2.44. The molecule has 1 aliphatic heterocycles. The number of H-pyrrole nitrogens is 2. The standard InChI is InChI=1S/C34H41N7O3/c1-34(2,3)44-33(42)35-15-5-6-20-43-26-11-7-23(8-12-26)31-36-27-13-9-24(21-29(27)38-31)32-37-28-14-10-25(22-30(28)39-32)41-18-16-40(4)17-19-41/h7-14,21-22H,5-6,15-20H2,1-4H3,(H,35,42)(H,36,38)(H,37,39). The zero-order valence-electron chi connectivity index (χ0n) is 25.9. The van der Waals surface area contributed by atoms with E-state index < -0.39 is 5.60 Å². The van der Waals surface area contributed by atoms with Crippen molar-refractivity contribution in [3.05, 3.63) is 60.7 Å². The number of benzene rings is 3. The van der Waals surface area contributed by atoms with E-state index in [1.54, 1.807) is 0 Å². The van der Waals surface area contributed by atoms with E-state index in [1.807, 2.05) is 51.1 Å². The van der Waals surface area contributed by atoms with Crippen molar-refractivity contribution in [3.63, 3.8) is 0 Å². The molecule has 3 heterocycles. The van der Waals surface area contributed by atoms with Crippen molar-refractivity contribution >= 4 is 33.8 Å². The molecule has 0 atom stereocenters. The molecule has 1 fully saturated rings. The van der Waals surface area contributed by atoms with Crippen molar-refractivity contribution in [1.82, 2.24) is 30.2 Å². The highest BCUT2D eigenvalue weighted by molar-refractivity contribution is 5.87. The molecule has 1 saturated heterocycles. The van der Waals surface area contributed by atoms with Gasteiger partial charge >= 0.3 is 6.09 Å². The summed E-state index contributed by atoms with van der Waals surface area (Å²) in [5, 5.41) is 2.77. The number of alkyl carbamates (subject to hydrolysis) is 1. The Morgan fingerprint density at radius 2 is 1.48 bits per heavy atom. The zero-order chi connectivity index (χ0) is 30.7. The fourth-order valence-corrected chi connectivity index (χ4v) is 5.32. The smallest absolute Gasteiger partial charge is 0.407 e. The molecule has 1 amide bonds. The molecule has 2 aromatic heterocycles. The SMILES string of the molecule is CN1CCN(c2ccc3nc(-c4ccc5nc(-c6ccc(OCCCCNC(=O)OC(C)(C)C)cc6)[nH]c5c4)[nH]c3c2)CC1. The maximum atomic E-state index is 11.7. The predicted molar refractivity (Wildman–Crippen MR) is 175 cm³/mol. The zero-order valence-corrected chi connectivity index (χ0v) is 25.9. The number of aromatic amines is 2. The Kier molecular flexibility index (Phi) is 8.43. The third-order valence-electron chi connectivity index (χ3n) is 7.73. The van der Waals surface area contributed by atoms with Crippen molar-refractivity contribution in [2.45, 2.75) is 39.2 Å². The normalized spacial score (nSPS) is 14.3. The Balaban J connectivity index is 1.05. The molecule has 0 spiro atoms. The minimum absolute atomic E-state index is 0.388. The van der Waals surface area contributed by atoms with E-state index in [1.165, 1.54) is 5.69 Å². The van der Waals surface area contributed by atoms with E-state index in [9.17, 15) is 4.79 Å². The number of amides is 1. The highest BCUT2D eigenvalue weighted by atomic mass is 16.6. The molecule has 5 aromatic rings. The van der Waals surface area contributed by atoms with Gasteiger partial charge < -0.3 is 34.6 Å². The van der Waals surface area contributed by atoms with Crippen LogP contribution in [-0.4, -0.2) is 82.9 Å². The molecule has 0 bridgehead atoms. The summed E-state index contributed by atoms with van der Waals surface area (Å²) in [6, 6.07) is 20.6. The summed E-state index contributed by atoms with van der Waals surface area (Å²) < 4.78 is 11.1. The van der Waals surface area contributed by atoms with Crippen molar-refractivity contribution in [3.8, 4) is 28.5 Å². The number of rotatable bonds is 9. The molecule has 0 aliphatic carbocycles. The van der Waals surface area contributed by atoms with Gasteiger partial charge in [0.15, 0.2) is 0 Å². The summed E-state index contributed by atoms with van der Waals surface area (Å²) >= 11 is 0. The van der Waals surface area contributed by atoms with Crippen LogP contribution in [0.2, 0.25) is 0 Å². The molecule has 0 radical (unpaired) electrons. The largest absolute Gasteiger partial charge is 0.494 e. The van der Waals surface area contributed by atoms with E-state index in [4.69, 9.17) is 19.4 Å². The van der Waals surface area contributed by atoms with Gasteiger partial charge in [-0.3, -0.25) is 0 Å². The first-order valence-corrected chi connectivity index (χ1v) is 15.3. The molecular formula is C34H41N7O3. The first kappa shape index (κ1) is 29.5. The van der Waals surface area contributed by atoms with Gasteiger partial charge in [0.05, 0.1) is 28.7 Å². The van der Waals surface area contributed by atoms with Crippen LogP contribution in [0.15, 0.2) is 60.7 Å². The number of fused-ring (bicyclic) bond motifs is 2. The summed E-state index contributed by atoms with van der Waals surface area (Å²) in [7, 11) is 2.17. The maximum Gasteiger partial charge on any atom is 0.407 e. The van der Waals surface area contributed by atoms with Crippen LogP contribution in [0.1, 0.15) is 33.6 Å². The molecule has 3 N–H and O–H groups in total. The van der Waals surface area contributed by atoms with Gasteiger partial charge in [0.2, 0.25) is 0 Å². The van der Waals surface area contributed by atoms with Crippen molar-refractivity contribution in [2.24, 2.45) is 0 Å². The van der Waals surface area contributed by atoms with Crippen LogP contribution in [0.25, 0.3) is 44.8 Å². The number of carbonyl (C=O) groups is 1. The fraction of sp³-hybridized carbons (Fsp3) is 0.382. The molecule has 3 aromatic carbocycles. The number of nitrogens with one attached hydrogen (secondary N) is 3. The van der Waals surface area contributed by atoms with Crippen LogP contribution in [-0.2, 0) is 4.74 Å². The van der Waals surface area contributed by atoms with Crippen LogP contribution in [0.5, 0.6) is 5.75 Å². The Labute approximate surface area is 257 Å². The average molecular weight is 596 g/mol. The number of piperazine rings is 1. The van der Waals surface area contributed by atoms with E-state index in [-0.39, 0.29) is 6.09 Å². The summed E-state index contributed by atoms with van der Waals surface area (Å²) in [5.74, 6) is 2.45. The predicted octanol–water partition coefficient (Wildman–Crippen LogP) is 6.21. The van der Waals surface area contributed by atoms with Crippen LogP contribution in [0, 0.1) is 0 Å². The van der Waals surface area contributed by atoms with Crippen molar-refractivity contribution < 1.29 is 14.3 Å². The van der Waals surface area contributed by atoms with Crippen LogP contribution in [0.3, 0.4) is 0 Å². The molecule has 44 heavy (non-hydrogen) atoms. The van der Waals surface area contributed by atoms with Crippen molar-refractivity contribution in [1.29, 1.82) is 0 Å². The van der Waals surface area contributed by atoms with E-state index in [0.717, 1.165) is 89.6 Å². The van der Waals surface area contributed by atoms with Gasteiger partial charge in [-0.25, -0.2) is 14.8 Å². The molecule has 6 rings (SSSR count). The van der Waals surface area contributed by atoms with Gasteiger partial charge in [-0.2, -0.15) is 0 Å². The summed E-state index contributed by atoms with van der Waals surface area (Å²) in [5.41, 5.74) is 6.60. The van der Waals surface area contributed by atoms with Gasteiger partial charge in [0, 0.05) is 49.5 Å². The van der Waals surface area contributed by atoms with Gasteiger partial charge in [-0.05, 0) is 101 Å². The van der Waals surface area contributed by atoms with Crippen LogP contribution in [0.4, 0.5) is 10.5 Å². The molecule has 230 valence electrons. The van der Waals surface area contributed by atoms with Crippen molar-refractivity contribution in [2.75, 3.05) is 51.3 Å². The minimum atomic E-state index is -0.490. The summed E-state index contributed by atoms with van der Waals surface area (Å²) in [6.45, 7) is 10.9. The van der Waals surface area contributed by atoms with Gasteiger partial charge in [-0.1, -0.05) is 0 Å². The van der Waals surface area contributed by atoms with E-state index in [2.05, 4.69) is 62.5 Å². The molecule has 10 nitrogen and oxygen atoms in total. The lowest BCUT2D eigenvalue weighted by molar-refractivity contribution is 0.0526. The molecule has 1 aliphatic rings. The highest BCUT2D eigenvalue weighted by Gasteiger charge is 2.17. The topological polar surface area (TPSA) is 111 Å². The van der Waals surface area contributed by atoms with Crippen LogP contribution < -0.4 is 15.0 Å². The number of aromatic nitrogens is 4. The molecular weight excluding hydrogens is 554 g/mol. The van der Waals surface area contributed by atoms with Gasteiger partial charge in [0.25, 0.3) is 0 Å². The monoisotopic (exact) mass is 595 g/mol. The number of likely N-dealkylation sites (N-methyl/N-ethyl adjacent to an activating group) is 1.